The van der Waals surface area contributed by atoms with Crippen molar-refractivity contribution in [3.8, 4) is 6.07 Å². The first-order valence-corrected chi connectivity index (χ1v) is 6.37. The fourth-order valence-electron chi connectivity index (χ4n) is 2.79. The Labute approximate surface area is 117 Å². The summed E-state index contributed by atoms with van der Waals surface area (Å²) in [6.07, 6.45) is 0.349. The molecule has 0 bridgehead atoms. The summed E-state index contributed by atoms with van der Waals surface area (Å²) in [5.41, 5.74) is -0.589. The van der Waals surface area contributed by atoms with Crippen LogP contribution < -0.4 is 0 Å². The SMILES string of the molecule is COC(=O)[C@]1(C#N)CCC(=O)N(C)[C@@H]1c1ccccc1. The van der Waals surface area contributed by atoms with E-state index in [4.69, 9.17) is 4.74 Å². The normalized spacial score (nSPS) is 25.9. The Bertz CT molecular complexity index is 564. The summed E-state index contributed by atoms with van der Waals surface area (Å²) in [4.78, 5) is 25.6. The first kappa shape index (κ1) is 14.1. The molecule has 1 fully saturated rings. The van der Waals surface area contributed by atoms with Gasteiger partial charge >= 0.3 is 5.97 Å². The van der Waals surface area contributed by atoms with Crippen LogP contribution in [0.25, 0.3) is 0 Å². The molecule has 0 spiro atoms. The molecule has 0 aromatic heterocycles. The second kappa shape index (κ2) is 5.33. The number of carbonyl (C=O) groups excluding carboxylic acids is 2. The van der Waals surface area contributed by atoms with Crippen LogP contribution in [0.15, 0.2) is 30.3 Å². The molecule has 1 aromatic carbocycles. The minimum atomic E-state index is -1.35. The lowest BCUT2D eigenvalue weighted by Gasteiger charge is -2.42. The van der Waals surface area contributed by atoms with Gasteiger partial charge in [0.15, 0.2) is 5.41 Å². The molecule has 1 heterocycles. The van der Waals surface area contributed by atoms with Crippen molar-refractivity contribution in [2.24, 2.45) is 5.41 Å². The van der Waals surface area contributed by atoms with Gasteiger partial charge in [-0.25, -0.2) is 0 Å². The minimum Gasteiger partial charge on any atom is -0.468 e. The van der Waals surface area contributed by atoms with Crippen LogP contribution in [-0.2, 0) is 14.3 Å². The molecule has 1 aromatic rings. The molecule has 1 aliphatic heterocycles. The molecule has 2 rings (SSSR count). The first-order chi connectivity index (χ1) is 9.56. The zero-order valence-corrected chi connectivity index (χ0v) is 11.5. The number of hydrogen-bond acceptors (Lipinski definition) is 4. The van der Waals surface area contributed by atoms with Gasteiger partial charge in [0.25, 0.3) is 0 Å². The van der Waals surface area contributed by atoms with E-state index in [9.17, 15) is 14.9 Å². The van der Waals surface area contributed by atoms with Gasteiger partial charge in [-0.2, -0.15) is 5.26 Å². The second-order valence-electron chi connectivity index (χ2n) is 4.89. The molecule has 0 N–H and O–H groups in total. The van der Waals surface area contributed by atoms with E-state index in [0.29, 0.717) is 0 Å². The number of benzene rings is 1. The Morgan fingerprint density at radius 1 is 1.45 bits per heavy atom. The summed E-state index contributed by atoms with van der Waals surface area (Å²) in [6.45, 7) is 0. The van der Waals surface area contributed by atoms with Gasteiger partial charge in [0.1, 0.15) is 0 Å². The van der Waals surface area contributed by atoms with Crippen molar-refractivity contribution in [3.05, 3.63) is 35.9 Å². The van der Waals surface area contributed by atoms with E-state index in [1.807, 2.05) is 30.3 Å². The van der Waals surface area contributed by atoms with Crippen LogP contribution >= 0.6 is 0 Å². The summed E-state index contributed by atoms with van der Waals surface area (Å²) >= 11 is 0. The number of hydrogen-bond donors (Lipinski definition) is 0. The molecule has 2 atom stereocenters. The van der Waals surface area contributed by atoms with Crippen LogP contribution in [0.1, 0.15) is 24.4 Å². The third kappa shape index (κ3) is 2.03. The maximum atomic E-state index is 12.2. The first-order valence-electron chi connectivity index (χ1n) is 6.37. The Morgan fingerprint density at radius 2 is 2.10 bits per heavy atom. The smallest absolute Gasteiger partial charge is 0.328 e. The van der Waals surface area contributed by atoms with Crippen LogP contribution in [0.5, 0.6) is 0 Å². The molecule has 0 aliphatic carbocycles. The maximum absolute atomic E-state index is 12.2. The lowest BCUT2D eigenvalue weighted by Crippen LogP contribution is -2.50. The fraction of sp³-hybridized carbons (Fsp3) is 0.400. The maximum Gasteiger partial charge on any atom is 0.328 e. The number of esters is 1. The molecule has 104 valence electrons. The Hall–Kier alpha value is -2.35. The highest BCUT2D eigenvalue weighted by atomic mass is 16.5. The zero-order valence-electron chi connectivity index (χ0n) is 11.5. The van der Waals surface area contributed by atoms with Crippen molar-refractivity contribution in [1.29, 1.82) is 5.26 Å². The van der Waals surface area contributed by atoms with Gasteiger partial charge in [0, 0.05) is 13.5 Å². The van der Waals surface area contributed by atoms with Crippen molar-refractivity contribution in [2.75, 3.05) is 14.2 Å². The highest BCUT2D eigenvalue weighted by Gasteiger charge is 2.54. The lowest BCUT2D eigenvalue weighted by atomic mass is 9.71. The molecule has 0 unspecified atom stereocenters. The predicted octanol–water partition coefficient (Wildman–Crippen LogP) is 1.66. The number of piperidine rings is 1. The van der Waals surface area contributed by atoms with Crippen molar-refractivity contribution in [3.63, 3.8) is 0 Å². The van der Waals surface area contributed by atoms with E-state index in [2.05, 4.69) is 6.07 Å². The van der Waals surface area contributed by atoms with E-state index >= 15 is 0 Å². The van der Waals surface area contributed by atoms with Gasteiger partial charge in [-0.15, -0.1) is 0 Å². The van der Waals surface area contributed by atoms with Gasteiger partial charge in [0.2, 0.25) is 5.91 Å². The average Bonchev–Trinajstić information content (AvgIpc) is 2.50. The van der Waals surface area contributed by atoms with Gasteiger partial charge in [-0.05, 0) is 12.0 Å². The largest absolute Gasteiger partial charge is 0.468 e. The van der Waals surface area contributed by atoms with Crippen LogP contribution in [0, 0.1) is 16.7 Å². The number of amides is 1. The lowest BCUT2D eigenvalue weighted by molar-refractivity contribution is -0.160. The summed E-state index contributed by atoms with van der Waals surface area (Å²) in [6, 6.07) is 10.6. The molecule has 0 radical (unpaired) electrons. The molecule has 1 aliphatic rings. The number of likely N-dealkylation sites (tertiary alicyclic amines) is 1. The zero-order chi connectivity index (χ0) is 14.8. The van der Waals surface area contributed by atoms with E-state index in [1.165, 1.54) is 12.0 Å². The number of carbonyl (C=O) groups is 2. The third-order valence-corrected chi connectivity index (χ3v) is 3.85. The van der Waals surface area contributed by atoms with Gasteiger partial charge < -0.3 is 9.64 Å². The number of rotatable bonds is 2. The predicted molar refractivity (Wildman–Crippen MR) is 71.2 cm³/mol. The van der Waals surface area contributed by atoms with Crippen molar-refractivity contribution < 1.29 is 14.3 Å². The van der Waals surface area contributed by atoms with Crippen molar-refractivity contribution in [1.82, 2.24) is 4.90 Å². The Kier molecular flexibility index (Phi) is 3.75. The van der Waals surface area contributed by atoms with Crippen LogP contribution in [-0.4, -0.2) is 30.9 Å². The Balaban J connectivity index is 2.57. The monoisotopic (exact) mass is 272 g/mol. The molecule has 5 heteroatoms. The van der Waals surface area contributed by atoms with Crippen molar-refractivity contribution >= 4 is 11.9 Å². The van der Waals surface area contributed by atoms with Crippen LogP contribution in [0.3, 0.4) is 0 Å². The highest BCUT2D eigenvalue weighted by Crippen LogP contribution is 2.46. The number of methoxy groups -OCH3 is 1. The topological polar surface area (TPSA) is 70.4 Å². The summed E-state index contributed by atoms with van der Waals surface area (Å²) in [7, 11) is 2.88. The molecule has 1 saturated heterocycles. The van der Waals surface area contributed by atoms with E-state index in [-0.39, 0.29) is 18.7 Å². The number of ether oxygens (including phenoxy) is 1. The molecule has 1 amide bonds. The van der Waals surface area contributed by atoms with Crippen molar-refractivity contribution in [2.45, 2.75) is 18.9 Å². The van der Waals surface area contributed by atoms with E-state index < -0.39 is 17.4 Å². The molecule has 20 heavy (non-hydrogen) atoms. The van der Waals surface area contributed by atoms with Crippen LogP contribution in [0.4, 0.5) is 0 Å². The van der Waals surface area contributed by atoms with E-state index in [1.54, 1.807) is 7.05 Å². The Morgan fingerprint density at radius 3 is 2.65 bits per heavy atom. The molecule has 0 saturated carbocycles. The number of nitrogens with zero attached hydrogens (tertiary/aromatic N) is 2. The van der Waals surface area contributed by atoms with E-state index in [0.717, 1.165) is 5.56 Å². The molecular weight excluding hydrogens is 256 g/mol. The minimum absolute atomic E-state index is 0.0753. The average molecular weight is 272 g/mol. The second-order valence-corrected chi connectivity index (χ2v) is 4.89. The van der Waals surface area contributed by atoms with Gasteiger partial charge in [0.05, 0.1) is 19.2 Å². The standard InChI is InChI=1S/C15H16N2O3/c1-17-12(18)8-9-15(10-16,14(19)20-2)13(17)11-6-4-3-5-7-11/h3-7,13H,8-9H2,1-2H3/t13-,15+/m1/s1. The summed E-state index contributed by atoms with van der Waals surface area (Å²) in [5.74, 6) is -0.665. The summed E-state index contributed by atoms with van der Waals surface area (Å²) in [5, 5.41) is 9.59. The fourth-order valence-corrected chi connectivity index (χ4v) is 2.79. The highest BCUT2D eigenvalue weighted by molar-refractivity contribution is 5.87. The van der Waals surface area contributed by atoms with Gasteiger partial charge in [-0.3, -0.25) is 9.59 Å². The quantitative estimate of drug-likeness (QED) is 0.768. The van der Waals surface area contributed by atoms with Gasteiger partial charge in [-0.1, -0.05) is 30.3 Å². The summed E-state index contributed by atoms with van der Waals surface area (Å²) < 4.78 is 4.82. The molecule has 5 nitrogen and oxygen atoms in total. The number of nitriles is 1. The van der Waals surface area contributed by atoms with Crippen LogP contribution in [0.2, 0.25) is 0 Å². The third-order valence-electron chi connectivity index (χ3n) is 3.85. The molecular formula is C15H16N2O3.